The molecule has 18 heavy (non-hydrogen) atoms. The molecule has 0 spiro atoms. The first kappa shape index (κ1) is 12.8. The Morgan fingerprint density at radius 3 is 2.67 bits per heavy atom. The standard InChI is InChI=1S/C16H19NO/c1-12(17)6-4-11-16(18)15-10-5-8-13-7-2-3-9-14(13)15/h2-3,5,7-10,12H,4,6,11,17H2,1H3. The third-order valence-corrected chi connectivity index (χ3v) is 3.15. The normalized spacial score (nSPS) is 12.6. The van der Waals surface area contributed by atoms with E-state index in [0.717, 1.165) is 29.2 Å². The topological polar surface area (TPSA) is 43.1 Å². The van der Waals surface area contributed by atoms with Gasteiger partial charge in [0.15, 0.2) is 5.78 Å². The van der Waals surface area contributed by atoms with Gasteiger partial charge < -0.3 is 5.73 Å². The molecule has 2 heteroatoms. The summed E-state index contributed by atoms with van der Waals surface area (Å²) in [6, 6.07) is 14.1. The van der Waals surface area contributed by atoms with Crippen LogP contribution in [0.3, 0.4) is 0 Å². The quantitative estimate of drug-likeness (QED) is 0.814. The van der Waals surface area contributed by atoms with Crippen molar-refractivity contribution in [2.75, 3.05) is 0 Å². The maximum atomic E-state index is 12.2. The number of rotatable bonds is 5. The Kier molecular flexibility index (Phi) is 4.11. The molecule has 0 aliphatic rings. The molecule has 0 amide bonds. The predicted octanol–water partition coefficient (Wildman–Crippen LogP) is 3.54. The molecule has 2 rings (SSSR count). The van der Waals surface area contributed by atoms with Gasteiger partial charge in [0.2, 0.25) is 0 Å². The Hall–Kier alpha value is -1.67. The molecule has 2 N–H and O–H groups in total. The minimum atomic E-state index is 0.172. The molecule has 2 aromatic carbocycles. The van der Waals surface area contributed by atoms with E-state index in [0.29, 0.717) is 6.42 Å². The van der Waals surface area contributed by atoms with Crippen LogP contribution >= 0.6 is 0 Å². The van der Waals surface area contributed by atoms with Crippen molar-refractivity contribution in [3.63, 3.8) is 0 Å². The smallest absolute Gasteiger partial charge is 0.163 e. The van der Waals surface area contributed by atoms with Crippen LogP contribution in [0.4, 0.5) is 0 Å². The van der Waals surface area contributed by atoms with Gasteiger partial charge in [-0.1, -0.05) is 42.5 Å². The molecule has 2 nitrogen and oxygen atoms in total. The van der Waals surface area contributed by atoms with Gasteiger partial charge in [-0.05, 0) is 30.5 Å². The van der Waals surface area contributed by atoms with E-state index in [2.05, 4.69) is 0 Å². The van der Waals surface area contributed by atoms with E-state index in [-0.39, 0.29) is 11.8 Å². The van der Waals surface area contributed by atoms with Crippen LogP contribution in [-0.4, -0.2) is 11.8 Å². The molecule has 0 fully saturated rings. The van der Waals surface area contributed by atoms with Crippen LogP contribution in [-0.2, 0) is 0 Å². The van der Waals surface area contributed by atoms with E-state index in [1.807, 2.05) is 49.4 Å². The van der Waals surface area contributed by atoms with Gasteiger partial charge in [0, 0.05) is 18.0 Å². The van der Waals surface area contributed by atoms with Crippen LogP contribution in [0.15, 0.2) is 42.5 Å². The molecule has 0 radical (unpaired) electrons. The Balaban J connectivity index is 2.17. The molecule has 0 saturated carbocycles. The second kappa shape index (κ2) is 5.78. The highest BCUT2D eigenvalue weighted by Gasteiger charge is 2.09. The maximum absolute atomic E-state index is 12.2. The van der Waals surface area contributed by atoms with E-state index in [4.69, 9.17) is 5.73 Å². The summed E-state index contributed by atoms with van der Waals surface area (Å²) >= 11 is 0. The van der Waals surface area contributed by atoms with Crippen LogP contribution in [0.5, 0.6) is 0 Å². The number of benzene rings is 2. The molecule has 1 atom stereocenters. The lowest BCUT2D eigenvalue weighted by molar-refractivity contribution is 0.0980. The van der Waals surface area contributed by atoms with Crippen molar-refractivity contribution in [3.8, 4) is 0 Å². The monoisotopic (exact) mass is 241 g/mol. The minimum Gasteiger partial charge on any atom is -0.328 e. The van der Waals surface area contributed by atoms with Gasteiger partial charge in [0.25, 0.3) is 0 Å². The second-order valence-corrected chi connectivity index (χ2v) is 4.82. The zero-order valence-corrected chi connectivity index (χ0v) is 10.7. The summed E-state index contributed by atoms with van der Waals surface area (Å²) in [7, 11) is 0. The molecule has 0 aliphatic heterocycles. The lowest BCUT2D eigenvalue weighted by Crippen LogP contribution is -2.14. The van der Waals surface area contributed by atoms with E-state index in [1.54, 1.807) is 0 Å². The van der Waals surface area contributed by atoms with Crippen molar-refractivity contribution in [2.24, 2.45) is 5.73 Å². The van der Waals surface area contributed by atoms with Gasteiger partial charge in [-0.3, -0.25) is 4.79 Å². The number of nitrogens with two attached hydrogens (primary N) is 1. The molecule has 0 aliphatic carbocycles. The number of hydrogen-bond donors (Lipinski definition) is 1. The summed E-state index contributed by atoms with van der Waals surface area (Å²) in [5.74, 6) is 0.215. The average molecular weight is 241 g/mol. The van der Waals surface area contributed by atoms with Crippen molar-refractivity contribution >= 4 is 16.6 Å². The van der Waals surface area contributed by atoms with Crippen LogP contribution in [0.25, 0.3) is 10.8 Å². The zero-order chi connectivity index (χ0) is 13.0. The summed E-state index contributed by atoms with van der Waals surface area (Å²) in [4.78, 5) is 12.2. The van der Waals surface area contributed by atoms with Crippen molar-refractivity contribution in [1.82, 2.24) is 0 Å². The Morgan fingerprint density at radius 2 is 1.89 bits per heavy atom. The van der Waals surface area contributed by atoms with Gasteiger partial charge in [-0.2, -0.15) is 0 Å². The van der Waals surface area contributed by atoms with Gasteiger partial charge in [0.1, 0.15) is 0 Å². The van der Waals surface area contributed by atoms with Crippen molar-refractivity contribution in [2.45, 2.75) is 32.2 Å². The molecule has 0 saturated heterocycles. The lowest BCUT2D eigenvalue weighted by Gasteiger charge is -2.07. The fourth-order valence-corrected chi connectivity index (χ4v) is 2.19. The first-order valence-electron chi connectivity index (χ1n) is 6.45. The highest BCUT2D eigenvalue weighted by Crippen LogP contribution is 2.20. The number of Topliss-reactive ketones (excluding diaryl/α,β-unsaturated/α-hetero) is 1. The summed E-state index contributed by atoms with van der Waals surface area (Å²) in [5, 5.41) is 2.17. The number of carbonyl (C=O) groups excluding carboxylic acids is 1. The molecule has 2 aromatic rings. The van der Waals surface area contributed by atoms with Crippen molar-refractivity contribution < 1.29 is 4.79 Å². The first-order chi connectivity index (χ1) is 8.68. The molecule has 94 valence electrons. The third-order valence-electron chi connectivity index (χ3n) is 3.15. The minimum absolute atomic E-state index is 0.172. The maximum Gasteiger partial charge on any atom is 0.163 e. The molecule has 1 unspecified atom stereocenters. The number of carbonyl (C=O) groups is 1. The van der Waals surface area contributed by atoms with Gasteiger partial charge in [0.05, 0.1) is 0 Å². The zero-order valence-electron chi connectivity index (χ0n) is 10.7. The average Bonchev–Trinajstić information content (AvgIpc) is 2.37. The lowest BCUT2D eigenvalue weighted by atomic mass is 9.98. The predicted molar refractivity (Wildman–Crippen MR) is 75.8 cm³/mol. The molecule has 0 heterocycles. The van der Waals surface area contributed by atoms with Crippen molar-refractivity contribution in [1.29, 1.82) is 0 Å². The van der Waals surface area contributed by atoms with E-state index >= 15 is 0 Å². The highest BCUT2D eigenvalue weighted by molar-refractivity contribution is 6.08. The Bertz CT molecular complexity index is 540. The first-order valence-corrected chi connectivity index (χ1v) is 6.45. The summed E-state index contributed by atoms with van der Waals surface area (Å²) < 4.78 is 0. The van der Waals surface area contributed by atoms with Gasteiger partial charge >= 0.3 is 0 Å². The molecule has 0 bridgehead atoms. The van der Waals surface area contributed by atoms with E-state index in [1.165, 1.54) is 0 Å². The highest BCUT2D eigenvalue weighted by atomic mass is 16.1. The fourth-order valence-electron chi connectivity index (χ4n) is 2.19. The molecular weight excluding hydrogens is 222 g/mol. The molecular formula is C16H19NO. The third kappa shape index (κ3) is 2.96. The van der Waals surface area contributed by atoms with Gasteiger partial charge in [-0.25, -0.2) is 0 Å². The van der Waals surface area contributed by atoms with Gasteiger partial charge in [-0.15, -0.1) is 0 Å². The van der Waals surface area contributed by atoms with Crippen LogP contribution in [0, 0.1) is 0 Å². The Labute approximate surface area is 108 Å². The Morgan fingerprint density at radius 1 is 1.17 bits per heavy atom. The van der Waals surface area contributed by atoms with Crippen LogP contribution in [0.1, 0.15) is 36.5 Å². The summed E-state index contributed by atoms with van der Waals surface area (Å²) in [6.45, 7) is 1.97. The SMILES string of the molecule is CC(N)CCCC(=O)c1cccc2ccccc12. The van der Waals surface area contributed by atoms with E-state index in [9.17, 15) is 4.79 Å². The van der Waals surface area contributed by atoms with Crippen LogP contribution < -0.4 is 5.73 Å². The number of hydrogen-bond acceptors (Lipinski definition) is 2. The fraction of sp³-hybridized carbons (Fsp3) is 0.312. The number of ketones is 1. The summed E-state index contributed by atoms with van der Waals surface area (Å²) in [5.41, 5.74) is 6.53. The van der Waals surface area contributed by atoms with Crippen molar-refractivity contribution in [3.05, 3.63) is 48.0 Å². The van der Waals surface area contributed by atoms with Crippen LogP contribution in [0.2, 0.25) is 0 Å². The second-order valence-electron chi connectivity index (χ2n) is 4.82. The molecule has 0 aromatic heterocycles. The van der Waals surface area contributed by atoms with E-state index < -0.39 is 0 Å². The largest absolute Gasteiger partial charge is 0.328 e. The number of fused-ring (bicyclic) bond motifs is 1. The summed E-state index contributed by atoms with van der Waals surface area (Å²) in [6.07, 6.45) is 2.34.